The largest absolute Gasteiger partial charge is 0.454 e. The van der Waals surface area contributed by atoms with Gasteiger partial charge >= 0.3 is 0 Å². The van der Waals surface area contributed by atoms with Gasteiger partial charge in [0.25, 0.3) is 0 Å². The Labute approximate surface area is 172 Å². The number of rotatable bonds is 4. The summed E-state index contributed by atoms with van der Waals surface area (Å²) in [5.41, 5.74) is 1.23. The van der Waals surface area contributed by atoms with Crippen molar-refractivity contribution >= 4 is 5.69 Å². The molecule has 3 aliphatic rings. The lowest BCUT2D eigenvalue weighted by atomic mass is 9.93. The first kappa shape index (κ1) is 18.7. The lowest BCUT2D eigenvalue weighted by Gasteiger charge is -2.42. The summed E-state index contributed by atoms with van der Waals surface area (Å²) < 4.78 is 16.6. The van der Waals surface area contributed by atoms with Crippen LogP contribution in [0.4, 0.5) is 5.69 Å². The number of anilines is 1. The van der Waals surface area contributed by atoms with E-state index in [1.807, 2.05) is 6.07 Å². The average Bonchev–Trinajstić information content (AvgIpc) is 3.43. The monoisotopic (exact) mass is 398 g/mol. The molecule has 4 heterocycles. The van der Waals surface area contributed by atoms with Gasteiger partial charge in [-0.1, -0.05) is 19.0 Å². The summed E-state index contributed by atoms with van der Waals surface area (Å²) >= 11 is 0. The van der Waals surface area contributed by atoms with Crippen molar-refractivity contribution in [3.8, 4) is 11.5 Å². The summed E-state index contributed by atoms with van der Waals surface area (Å²) in [6.45, 7) is 8.90. The van der Waals surface area contributed by atoms with E-state index in [1.165, 1.54) is 31.5 Å². The first-order valence-electron chi connectivity index (χ1n) is 10.9. The van der Waals surface area contributed by atoms with E-state index in [1.54, 1.807) is 0 Å². The van der Waals surface area contributed by atoms with E-state index in [9.17, 15) is 0 Å². The molecular weight excluding hydrogens is 368 g/mol. The Morgan fingerprint density at radius 3 is 2.66 bits per heavy atom. The van der Waals surface area contributed by atoms with Crippen LogP contribution in [0.25, 0.3) is 0 Å². The molecule has 0 saturated carbocycles. The fourth-order valence-corrected chi connectivity index (χ4v) is 4.76. The van der Waals surface area contributed by atoms with E-state index in [0.29, 0.717) is 24.7 Å². The summed E-state index contributed by atoms with van der Waals surface area (Å²) in [7, 11) is 0. The fourth-order valence-electron chi connectivity index (χ4n) is 4.76. The summed E-state index contributed by atoms with van der Waals surface area (Å²) in [5, 5.41) is 4.17. The van der Waals surface area contributed by atoms with Gasteiger partial charge in [0.15, 0.2) is 17.3 Å². The van der Waals surface area contributed by atoms with Gasteiger partial charge in [-0.25, -0.2) is 0 Å². The first-order valence-corrected chi connectivity index (χ1v) is 10.9. The highest BCUT2D eigenvalue weighted by Gasteiger charge is 2.32. The molecule has 0 N–H and O–H groups in total. The molecule has 2 aromatic rings. The number of piperidine rings is 2. The second kappa shape index (κ2) is 7.86. The number of ether oxygens (including phenoxy) is 2. The molecule has 156 valence electrons. The van der Waals surface area contributed by atoms with E-state index in [4.69, 9.17) is 14.0 Å². The Morgan fingerprint density at radius 2 is 1.86 bits per heavy atom. The number of hydrogen-bond acceptors (Lipinski definition) is 7. The number of nitrogens with zero attached hydrogens (tertiary/aromatic N) is 4. The highest BCUT2D eigenvalue weighted by atomic mass is 16.7. The Hall–Kier alpha value is -2.28. The van der Waals surface area contributed by atoms with Crippen molar-refractivity contribution in [2.24, 2.45) is 0 Å². The highest BCUT2D eigenvalue weighted by Crippen LogP contribution is 2.37. The maximum Gasteiger partial charge on any atom is 0.231 e. The fraction of sp³-hybridized carbons (Fsp3) is 0.636. The Balaban J connectivity index is 1.19. The third-order valence-electron chi connectivity index (χ3n) is 6.48. The number of hydrogen-bond donors (Lipinski definition) is 0. The van der Waals surface area contributed by atoms with Crippen molar-refractivity contribution in [3.63, 3.8) is 0 Å². The van der Waals surface area contributed by atoms with Crippen LogP contribution < -0.4 is 14.4 Å². The van der Waals surface area contributed by atoms with Gasteiger partial charge in [-0.05, 0) is 44.4 Å². The van der Waals surface area contributed by atoms with Crippen LogP contribution in [0, 0.1) is 0 Å². The molecule has 2 fully saturated rings. The van der Waals surface area contributed by atoms with E-state index in [0.717, 1.165) is 49.3 Å². The number of likely N-dealkylation sites (tertiary alicyclic amines) is 1. The predicted octanol–water partition coefficient (Wildman–Crippen LogP) is 3.77. The maximum atomic E-state index is 5.59. The van der Waals surface area contributed by atoms with Crippen LogP contribution in [0.3, 0.4) is 0 Å². The van der Waals surface area contributed by atoms with E-state index in [-0.39, 0.29) is 0 Å². The molecule has 0 spiro atoms. The van der Waals surface area contributed by atoms with Crippen LogP contribution in [0.1, 0.15) is 63.1 Å². The SMILES string of the molecule is CC(C)c1noc(C2CCCN(C3CCN(c4ccc5c(c4)OCO5)CC3)C2)n1. The molecule has 0 radical (unpaired) electrons. The third kappa shape index (κ3) is 3.80. The minimum Gasteiger partial charge on any atom is -0.454 e. The Kier molecular flexibility index (Phi) is 5.08. The molecule has 5 rings (SSSR count). The van der Waals surface area contributed by atoms with Gasteiger partial charge in [0.2, 0.25) is 12.7 Å². The molecule has 3 aliphatic heterocycles. The molecule has 0 amide bonds. The molecule has 7 nitrogen and oxygen atoms in total. The highest BCUT2D eigenvalue weighted by molar-refractivity contribution is 5.57. The van der Waals surface area contributed by atoms with Gasteiger partial charge in [0, 0.05) is 43.3 Å². The van der Waals surface area contributed by atoms with E-state index < -0.39 is 0 Å². The molecule has 0 aliphatic carbocycles. The lowest BCUT2D eigenvalue weighted by Crippen LogP contribution is -2.48. The first-order chi connectivity index (χ1) is 14.2. The van der Waals surface area contributed by atoms with Crippen LogP contribution in [0.5, 0.6) is 11.5 Å². The normalized spacial score (nSPS) is 23.1. The average molecular weight is 399 g/mol. The smallest absolute Gasteiger partial charge is 0.231 e. The molecule has 7 heteroatoms. The van der Waals surface area contributed by atoms with Crippen molar-refractivity contribution in [2.45, 2.75) is 57.4 Å². The number of fused-ring (bicyclic) bond motifs is 1. The van der Waals surface area contributed by atoms with Crippen molar-refractivity contribution in [3.05, 3.63) is 29.9 Å². The van der Waals surface area contributed by atoms with Crippen LogP contribution in [-0.4, -0.2) is 54.1 Å². The van der Waals surface area contributed by atoms with Crippen molar-refractivity contribution < 1.29 is 14.0 Å². The summed E-state index contributed by atoms with van der Waals surface area (Å²) in [6, 6.07) is 6.92. The topological polar surface area (TPSA) is 63.9 Å². The lowest BCUT2D eigenvalue weighted by molar-refractivity contribution is 0.118. The van der Waals surface area contributed by atoms with Crippen molar-refractivity contribution in [2.75, 3.05) is 37.9 Å². The molecule has 2 saturated heterocycles. The summed E-state index contributed by atoms with van der Waals surface area (Å²) in [4.78, 5) is 9.78. The van der Waals surface area contributed by atoms with Gasteiger partial charge in [0.05, 0.1) is 5.92 Å². The van der Waals surface area contributed by atoms with Gasteiger partial charge in [-0.15, -0.1) is 0 Å². The second-order valence-electron chi connectivity index (χ2n) is 8.74. The summed E-state index contributed by atoms with van der Waals surface area (Å²) in [5.74, 6) is 4.06. The van der Waals surface area contributed by atoms with Crippen LogP contribution in [0.2, 0.25) is 0 Å². The summed E-state index contributed by atoms with van der Waals surface area (Å²) in [6.07, 6.45) is 4.71. The predicted molar refractivity (Wildman–Crippen MR) is 110 cm³/mol. The maximum absolute atomic E-state index is 5.59. The number of benzene rings is 1. The number of aromatic nitrogens is 2. The van der Waals surface area contributed by atoms with Crippen LogP contribution in [-0.2, 0) is 0 Å². The van der Waals surface area contributed by atoms with Gasteiger partial charge in [-0.3, -0.25) is 4.90 Å². The Bertz CT molecular complexity index is 844. The van der Waals surface area contributed by atoms with Gasteiger partial charge in [-0.2, -0.15) is 4.98 Å². The Morgan fingerprint density at radius 1 is 1.03 bits per heavy atom. The van der Waals surface area contributed by atoms with E-state index >= 15 is 0 Å². The van der Waals surface area contributed by atoms with Gasteiger partial charge < -0.3 is 18.9 Å². The van der Waals surface area contributed by atoms with Crippen LogP contribution >= 0.6 is 0 Å². The molecule has 0 bridgehead atoms. The minimum atomic E-state index is 0.313. The molecule has 1 aromatic carbocycles. The van der Waals surface area contributed by atoms with E-state index in [2.05, 4.69) is 45.9 Å². The quantitative estimate of drug-likeness (QED) is 0.777. The van der Waals surface area contributed by atoms with Gasteiger partial charge in [0.1, 0.15) is 0 Å². The second-order valence-corrected chi connectivity index (χ2v) is 8.74. The standard InChI is InChI=1S/C22H30N4O3/c1-15(2)21-23-22(29-24-21)16-4-3-9-26(13-16)17-7-10-25(11-8-17)18-5-6-19-20(12-18)28-14-27-19/h5-6,12,15-17H,3-4,7-11,13-14H2,1-2H3. The zero-order valence-electron chi connectivity index (χ0n) is 17.3. The molecule has 29 heavy (non-hydrogen) atoms. The van der Waals surface area contributed by atoms with Crippen LogP contribution in [0.15, 0.2) is 22.7 Å². The minimum absolute atomic E-state index is 0.313. The van der Waals surface area contributed by atoms with Crippen molar-refractivity contribution in [1.29, 1.82) is 0 Å². The molecule has 1 atom stereocenters. The zero-order chi connectivity index (χ0) is 19.8. The molecular formula is C22H30N4O3. The molecule has 1 unspecified atom stereocenters. The molecule has 1 aromatic heterocycles. The zero-order valence-corrected chi connectivity index (χ0v) is 17.3. The van der Waals surface area contributed by atoms with Crippen molar-refractivity contribution in [1.82, 2.24) is 15.0 Å². The third-order valence-corrected chi connectivity index (χ3v) is 6.48.